The maximum atomic E-state index is 12.4. The van der Waals surface area contributed by atoms with Gasteiger partial charge in [0.2, 0.25) is 0 Å². The van der Waals surface area contributed by atoms with Crippen molar-refractivity contribution in [2.24, 2.45) is 5.73 Å². The second-order valence-corrected chi connectivity index (χ2v) is 5.93. The Hall–Kier alpha value is -2.20. The molecule has 0 bridgehead atoms. The van der Waals surface area contributed by atoms with E-state index in [-0.39, 0.29) is 18.6 Å². The van der Waals surface area contributed by atoms with Crippen LogP contribution in [0.4, 0.5) is 4.39 Å². The van der Waals surface area contributed by atoms with Crippen LogP contribution in [0.2, 0.25) is 0 Å². The van der Waals surface area contributed by atoms with Gasteiger partial charge in [0.15, 0.2) is 0 Å². The quantitative estimate of drug-likeness (QED) is 0.944. The molecule has 3 rings (SSSR count). The number of nitrogens with two attached hydrogens (primary N) is 1. The molecule has 2 aromatic carbocycles. The largest absolute Gasteiger partial charge is 0.337 e. The molecule has 0 aromatic heterocycles. The van der Waals surface area contributed by atoms with E-state index in [1.54, 1.807) is 11.0 Å². The standard InChI is InChI=1S/C19H20FN2O/c20-11-9-14-1-3-15(4-2-14)16-5-7-17(8-6-16)19(23)22-12-10-18(21)13-22/h1-7,18H,9-13,21H2/t18-/m0/s1. The molecule has 1 amide bonds. The Balaban J connectivity index is 1.72. The lowest BCUT2D eigenvalue weighted by Crippen LogP contribution is -2.31. The summed E-state index contributed by atoms with van der Waals surface area (Å²) in [6, 6.07) is 16.5. The first kappa shape index (κ1) is 15.7. The minimum atomic E-state index is -0.343. The monoisotopic (exact) mass is 311 g/mol. The normalized spacial score (nSPS) is 17.5. The van der Waals surface area contributed by atoms with Crippen molar-refractivity contribution in [3.05, 3.63) is 59.7 Å². The van der Waals surface area contributed by atoms with Crippen molar-refractivity contribution in [1.82, 2.24) is 4.90 Å². The van der Waals surface area contributed by atoms with E-state index in [9.17, 15) is 9.18 Å². The minimum Gasteiger partial charge on any atom is -0.337 e. The molecule has 1 radical (unpaired) electrons. The van der Waals surface area contributed by atoms with Gasteiger partial charge in [-0.3, -0.25) is 9.18 Å². The average molecular weight is 311 g/mol. The van der Waals surface area contributed by atoms with Crippen LogP contribution in [0.25, 0.3) is 11.1 Å². The second-order valence-electron chi connectivity index (χ2n) is 5.93. The van der Waals surface area contributed by atoms with E-state index in [4.69, 9.17) is 5.73 Å². The zero-order valence-corrected chi connectivity index (χ0v) is 13.0. The molecule has 119 valence electrons. The highest BCUT2D eigenvalue weighted by Gasteiger charge is 2.24. The molecule has 2 N–H and O–H groups in total. The number of aryl methyl sites for hydroxylation is 1. The van der Waals surface area contributed by atoms with Crippen LogP contribution in [-0.4, -0.2) is 36.6 Å². The number of halogens is 1. The third-order valence-corrected chi connectivity index (χ3v) is 4.23. The summed E-state index contributed by atoms with van der Waals surface area (Å²) in [5.74, 6) is -0.0113. The molecule has 1 aliphatic rings. The molecule has 1 atom stereocenters. The predicted octanol–water partition coefficient (Wildman–Crippen LogP) is 2.84. The molecular formula is C19H20FN2O. The van der Waals surface area contributed by atoms with Gasteiger partial charge < -0.3 is 10.6 Å². The number of hydrogen-bond donors (Lipinski definition) is 1. The Morgan fingerprint density at radius 3 is 2.52 bits per heavy atom. The van der Waals surface area contributed by atoms with Crippen LogP contribution in [0.15, 0.2) is 42.5 Å². The molecule has 1 heterocycles. The molecule has 0 spiro atoms. The van der Waals surface area contributed by atoms with Gasteiger partial charge in [0, 0.05) is 31.1 Å². The van der Waals surface area contributed by atoms with Crippen LogP contribution < -0.4 is 5.73 Å². The number of amides is 1. The third-order valence-electron chi connectivity index (χ3n) is 4.23. The van der Waals surface area contributed by atoms with E-state index < -0.39 is 0 Å². The first-order valence-corrected chi connectivity index (χ1v) is 7.89. The molecular weight excluding hydrogens is 291 g/mol. The smallest absolute Gasteiger partial charge is 0.254 e. The summed E-state index contributed by atoms with van der Waals surface area (Å²) < 4.78 is 12.3. The van der Waals surface area contributed by atoms with Gasteiger partial charge in [0.1, 0.15) is 0 Å². The summed E-state index contributed by atoms with van der Waals surface area (Å²) in [5.41, 5.74) is 9.42. The second kappa shape index (κ2) is 6.92. The fraction of sp³-hybridized carbons (Fsp3) is 0.316. The van der Waals surface area contributed by atoms with E-state index in [0.717, 1.165) is 23.1 Å². The summed E-state index contributed by atoms with van der Waals surface area (Å²) in [5, 5.41) is 0. The van der Waals surface area contributed by atoms with E-state index in [1.807, 2.05) is 36.4 Å². The maximum absolute atomic E-state index is 12.4. The molecule has 23 heavy (non-hydrogen) atoms. The van der Waals surface area contributed by atoms with Crippen LogP contribution in [0.1, 0.15) is 22.3 Å². The van der Waals surface area contributed by atoms with Crippen molar-refractivity contribution in [2.75, 3.05) is 19.8 Å². The van der Waals surface area contributed by atoms with Crippen molar-refractivity contribution >= 4 is 5.91 Å². The number of rotatable bonds is 4. The number of hydrogen-bond acceptors (Lipinski definition) is 2. The van der Waals surface area contributed by atoms with Crippen molar-refractivity contribution in [3.8, 4) is 11.1 Å². The van der Waals surface area contributed by atoms with Gasteiger partial charge in [-0.25, -0.2) is 0 Å². The SMILES string of the molecule is N[C@H]1CCN(C(=O)c2[c]cc(-c3ccc(CCF)cc3)cc2)C1. The zero-order chi connectivity index (χ0) is 16.2. The van der Waals surface area contributed by atoms with Gasteiger partial charge in [-0.15, -0.1) is 0 Å². The van der Waals surface area contributed by atoms with Crippen molar-refractivity contribution in [3.63, 3.8) is 0 Å². The maximum Gasteiger partial charge on any atom is 0.254 e. The Bertz CT molecular complexity index is 667. The summed E-state index contributed by atoms with van der Waals surface area (Å²) in [6.45, 7) is 0.986. The highest BCUT2D eigenvalue weighted by Crippen LogP contribution is 2.21. The zero-order valence-electron chi connectivity index (χ0n) is 13.0. The molecule has 1 fully saturated rings. The number of likely N-dealkylation sites (tertiary alicyclic amines) is 1. The minimum absolute atomic E-state index is 0.0113. The summed E-state index contributed by atoms with van der Waals surface area (Å²) in [4.78, 5) is 14.1. The predicted molar refractivity (Wildman–Crippen MR) is 88.9 cm³/mol. The van der Waals surface area contributed by atoms with E-state index in [0.29, 0.717) is 25.1 Å². The van der Waals surface area contributed by atoms with E-state index in [1.165, 1.54) is 0 Å². The van der Waals surface area contributed by atoms with Crippen LogP contribution in [0.3, 0.4) is 0 Å². The van der Waals surface area contributed by atoms with Gasteiger partial charge in [-0.1, -0.05) is 30.3 Å². The van der Waals surface area contributed by atoms with Crippen molar-refractivity contribution in [2.45, 2.75) is 18.9 Å². The number of carbonyl (C=O) groups excluding carboxylic acids is 1. The van der Waals surface area contributed by atoms with E-state index >= 15 is 0 Å². The summed E-state index contributed by atoms with van der Waals surface area (Å²) in [7, 11) is 0. The lowest BCUT2D eigenvalue weighted by molar-refractivity contribution is 0.0790. The first-order valence-electron chi connectivity index (χ1n) is 7.89. The number of carbonyl (C=O) groups is 1. The van der Waals surface area contributed by atoms with Crippen LogP contribution in [0, 0.1) is 6.07 Å². The topological polar surface area (TPSA) is 46.3 Å². The molecule has 1 saturated heterocycles. The van der Waals surface area contributed by atoms with Crippen molar-refractivity contribution < 1.29 is 9.18 Å². The van der Waals surface area contributed by atoms with Gasteiger partial charge >= 0.3 is 0 Å². The van der Waals surface area contributed by atoms with Gasteiger partial charge in [0.25, 0.3) is 5.91 Å². The molecule has 3 nitrogen and oxygen atoms in total. The Morgan fingerprint density at radius 2 is 1.96 bits per heavy atom. The summed E-state index contributed by atoms with van der Waals surface area (Å²) >= 11 is 0. The van der Waals surface area contributed by atoms with E-state index in [2.05, 4.69) is 6.07 Å². The van der Waals surface area contributed by atoms with Crippen LogP contribution in [0.5, 0.6) is 0 Å². The molecule has 4 heteroatoms. The average Bonchev–Trinajstić information content (AvgIpc) is 3.02. The lowest BCUT2D eigenvalue weighted by atomic mass is 10.0. The number of alkyl halides is 1. The fourth-order valence-electron chi connectivity index (χ4n) is 2.85. The molecule has 1 aliphatic heterocycles. The number of benzene rings is 2. The third kappa shape index (κ3) is 3.59. The summed E-state index contributed by atoms with van der Waals surface area (Å²) in [6.07, 6.45) is 1.30. The number of nitrogens with zero attached hydrogens (tertiary/aromatic N) is 1. The van der Waals surface area contributed by atoms with Crippen molar-refractivity contribution in [1.29, 1.82) is 0 Å². The first-order chi connectivity index (χ1) is 11.2. The Morgan fingerprint density at radius 1 is 1.22 bits per heavy atom. The van der Waals surface area contributed by atoms with Crippen LogP contribution >= 0.6 is 0 Å². The molecule has 0 unspecified atom stereocenters. The highest BCUT2D eigenvalue weighted by atomic mass is 19.1. The highest BCUT2D eigenvalue weighted by molar-refractivity contribution is 5.94. The lowest BCUT2D eigenvalue weighted by Gasteiger charge is -2.15. The van der Waals surface area contributed by atoms with Gasteiger partial charge in [0.05, 0.1) is 6.67 Å². The van der Waals surface area contributed by atoms with Crippen LogP contribution in [-0.2, 0) is 6.42 Å². The molecule has 0 saturated carbocycles. The van der Waals surface area contributed by atoms with Gasteiger partial charge in [-0.2, -0.15) is 0 Å². The molecule has 2 aromatic rings. The Labute approximate surface area is 135 Å². The Kier molecular flexibility index (Phi) is 4.72. The van der Waals surface area contributed by atoms with Gasteiger partial charge in [-0.05, 0) is 41.3 Å². The fourth-order valence-corrected chi connectivity index (χ4v) is 2.85. The molecule has 0 aliphatic carbocycles.